The van der Waals surface area contributed by atoms with Crippen molar-refractivity contribution in [2.24, 2.45) is 0 Å². The molecule has 0 spiro atoms. The van der Waals surface area contributed by atoms with Crippen LogP contribution in [0.15, 0.2) is 22.7 Å². The fourth-order valence-corrected chi connectivity index (χ4v) is 4.07. The second kappa shape index (κ2) is 6.42. The monoisotopic (exact) mass is 417 g/mol. The Morgan fingerprint density at radius 1 is 1.16 bits per heavy atom. The summed E-state index contributed by atoms with van der Waals surface area (Å²) in [6, 6.07) is 5.52. The lowest BCUT2D eigenvalue weighted by molar-refractivity contribution is 0.891. The Balaban J connectivity index is 2.27. The van der Waals surface area contributed by atoms with E-state index in [4.69, 9.17) is 46.4 Å². The number of nitrogens with one attached hydrogen (secondary N) is 1. The number of hydrogen-bond acceptors (Lipinski definition) is 2. The number of rotatable bonds is 3. The van der Waals surface area contributed by atoms with Crippen molar-refractivity contribution in [3.05, 3.63) is 47.0 Å². The zero-order valence-corrected chi connectivity index (χ0v) is 15.0. The average molecular weight is 420 g/mol. The zero-order chi connectivity index (χ0) is 14.2. The minimum atomic E-state index is -0.0222. The van der Waals surface area contributed by atoms with E-state index in [2.05, 4.69) is 21.2 Å². The number of hydrogen-bond donors (Lipinski definition) is 1. The molecule has 1 heterocycles. The standard InChI is InChI=1S/C12H8BrCl4NS/c1-5(6-4-9(14)19-12(6)17)18-8-3-2-7(13)10(15)11(8)16/h2-5,18H,1H3. The van der Waals surface area contributed by atoms with Gasteiger partial charge in [0, 0.05) is 10.0 Å². The van der Waals surface area contributed by atoms with E-state index in [1.54, 1.807) is 0 Å². The van der Waals surface area contributed by atoms with Gasteiger partial charge in [-0.25, -0.2) is 0 Å². The zero-order valence-electron chi connectivity index (χ0n) is 9.61. The summed E-state index contributed by atoms with van der Waals surface area (Å²) in [6.45, 7) is 1.98. The van der Waals surface area contributed by atoms with E-state index in [1.807, 2.05) is 25.1 Å². The minimum absolute atomic E-state index is 0.0222. The molecule has 1 aromatic heterocycles. The molecule has 102 valence electrons. The van der Waals surface area contributed by atoms with Crippen LogP contribution in [-0.4, -0.2) is 0 Å². The first-order valence-electron chi connectivity index (χ1n) is 5.25. The van der Waals surface area contributed by atoms with Gasteiger partial charge in [0.25, 0.3) is 0 Å². The lowest BCUT2D eigenvalue weighted by atomic mass is 10.1. The van der Waals surface area contributed by atoms with Crippen LogP contribution in [0.2, 0.25) is 18.7 Å². The third-order valence-electron chi connectivity index (χ3n) is 2.56. The lowest BCUT2D eigenvalue weighted by Crippen LogP contribution is -2.06. The second-order valence-corrected chi connectivity index (χ2v) is 7.76. The highest BCUT2D eigenvalue weighted by molar-refractivity contribution is 9.10. The largest absolute Gasteiger partial charge is 0.377 e. The number of benzene rings is 1. The molecule has 1 N–H and O–H groups in total. The molecule has 0 fully saturated rings. The highest BCUT2D eigenvalue weighted by atomic mass is 79.9. The normalized spacial score (nSPS) is 12.5. The van der Waals surface area contributed by atoms with Gasteiger partial charge in [-0.2, -0.15) is 0 Å². The summed E-state index contributed by atoms with van der Waals surface area (Å²) in [7, 11) is 0. The van der Waals surface area contributed by atoms with Gasteiger partial charge in [0.2, 0.25) is 0 Å². The Morgan fingerprint density at radius 3 is 2.42 bits per heavy atom. The van der Waals surface area contributed by atoms with Gasteiger partial charge in [-0.1, -0.05) is 46.4 Å². The summed E-state index contributed by atoms with van der Waals surface area (Å²) in [4.78, 5) is 0. The Morgan fingerprint density at radius 2 is 1.84 bits per heavy atom. The molecule has 2 rings (SSSR count). The van der Waals surface area contributed by atoms with Crippen molar-refractivity contribution in [2.75, 3.05) is 5.32 Å². The molecule has 19 heavy (non-hydrogen) atoms. The first-order valence-corrected chi connectivity index (χ1v) is 8.37. The highest BCUT2D eigenvalue weighted by Gasteiger charge is 2.16. The van der Waals surface area contributed by atoms with Crippen LogP contribution in [0, 0.1) is 0 Å². The highest BCUT2D eigenvalue weighted by Crippen LogP contribution is 2.40. The molecule has 1 nitrogen and oxygen atoms in total. The molecule has 1 atom stereocenters. The van der Waals surface area contributed by atoms with Crippen LogP contribution >= 0.6 is 73.7 Å². The van der Waals surface area contributed by atoms with Crippen molar-refractivity contribution in [3.8, 4) is 0 Å². The van der Waals surface area contributed by atoms with Crippen LogP contribution in [0.5, 0.6) is 0 Å². The van der Waals surface area contributed by atoms with Crippen LogP contribution in [0.1, 0.15) is 18.5 Å². The number of anilines is 1. The molecule has 0 aliphatic carbocycles. The van der Waals surface area contributed by atoms with Crippen LogP contribution in [0.25, 0.3) is 0 Å². The smallest absolute Gasteiger partial charge is 0.0996 e. The van der Waals surface area contributed by atoms with E-state index in [-0.39, 0.29) is 6.04 Å². The molecule has 1 unspecified atom stereocenters. The Kier molecular flexibility index (Phi) is 5.32. The summed E-state index contributed by atoms with van der Waals surface area (Å²) < 4.78 is 2.09. The lowest BCUT2D eigenvalue weighted by Gasteiger charge is -2.17. The van der Waals surface area contributed by atoms with E-state index in [0.29, 0.717) is 18.7 Å². The van der Waals surface area contributed by atoms with Crippen LogP contribution < -0.4 is 5.32 Å². The van der Waals surface area contributed by atoms with Gasteiger partial charge >= 0.3 is 0 Å². The molecular weight excluding hydrogens is 412 g/mol. The molecule has 0 aliphatic rings. The molecule has 0 aliphatic heterocycles. The molecular formula is C12H8BrCl4NS. The topological polar surface area (TPSA) is 12.0 Å². The summed E-state index contributed by atoms with van der Waals surface area (Å²) in [6.07, 6.45) is 0. The van der Waals surface area contributed by atoms with Crippen LogP contribution in [0.3, 0.4) is 0 Å². The maximum absolute atomic E-state index is 6.19. The maximum atomic E-state index is 6.19. The summed E-state index contributed by atoms with van der Waals surface area (Å²) >= 11 is 29.0. The van der Waals surface area contributed by atoms with Gasteiger partial charge in [0.05, 0.1) is 30.4 Å². The van der Waals surface area contributed by atoms with Gasteiger partial charge in [-0.3, -0.25) is 0 Å². The maximum Gasteiger partial charge on any atom is 0.0996 e. The van der Waals surface area contributed by atoms with Crippen molar-refractivity contribution in [2.45, 2.75) is 13.0 Å². The fraction of sp³-hybridized carbons (Fsp3) is 0.167. The van der Waals surface area contributed by atoms with Gasteiger partial charge in [-0.15, -0.1) is 11.3 Å². The molecule has 0 bridgehead atoms. The first kappa shape index (κ1) is 15.7. The van der Waals surface area contributed by atoms with Crippen LogP contribution in [-0.2, 0) is 0 Å². The van der Waals surface area contributed by atoms with E-state index < -0.39 is 0 Å². The predicted octanol–water partition coefficient (Wildman–Crippen LogP) is 7.30. The van der Waals surface area contributed by atoms with Crippen LogP contribution in [0.4, 0.5) is 5.69 Å². The van der Waals surface area contributed by atoms with Gasteiger partial charge in [0.1, 0.15) is 0 Å². The third-order valence-corrected chi connectivity index (χ3v) is 5.85. The van der Waals surface area contributed by atoms with Gasteiger partial charge in [-0.05, 0) is 41.1 Å². The summed E-state index contributed by atoms with van der Waals surface area (Å²) in [5.41, 5.74) is 1.69. The first-order chi connectivity index (χ1) is 8.90. The SMILES string of the molecule is CC(Nc1ccc(Br)c(Cl)c1Cl)c1cc(Cl)sc1Cl. The van der Waals surface area contributed by atoms with E-state index in [0.717, 1.165) is 15.7 Å². The van der Waals surface area contributed by atoms with E-state index >= 15 is 0 Å². The average Bonchev–Trinajstić information content (AvgIpc) is 2.69. The molecule has 0 amide bonds. The van der Waals surface area contributed by atoms with Gasteiger partial charge in [0.15, 0.2) is 0 Å². The van der Waals surface area contributed by atoms with E-state index in [9.17, 15) is 0 Å². The Labute approximate surface area is 143 Å². The Bertz CT molecular complexity index is 614. The minimum Gasteiger partial charge on any atom is -0.377 e. The summed E-state index contributed by atoms with van der Waals surface area (Å²) in [5, 5.41) is 4.23. The number of halogens is 5. The molecule has 0 radical (unpaired) electrons. The second-order valence-electron chi connectivity index (χ2n) is 3.87. The molecule has 1 aromatic carbocycles. The summed E-state index contributed by atoms with van der Waals surface area (Å²) in [5.74, 6) is 0. The van der Waals surface area contributed by atoms with E-state index in [1.165, 1.54) is 11.3 Å². The van der Waals surface area contributed by atoms with Crippen molar-refractivity contribution >= 4 is 79.4 Å². The molecule has 0 saturated heterocycles. The fourth-order valence-electron chi connectivity index (χ4n) is 1.60. The molecule has 7 heteroatoms. The number of thiophene rings is 1. The van der Waals surface area contributed by atoms with Gasteiger partial charge < -0.3 is 5.32 Å². The molecule has 0 saturated carbocycles. The quantitative estimate of drug-likeness (QED) is 0.514. The van der Waals surface area contributed by atoms with Crippen molar-refractivity contribution in [1.82, 2.24) is 0 Å². The van der Waals surface area contributed by atoms with Crippen molar-refractivity contribution in [1.29, 1.82) is 0 Å². The Hall–Kier alpha value is 0.360. The third kappa shape index (κ3) is 3.52. The predicted molar refractivity (Wildman–Crippen MR) is 90.5 cm³/mol. The van der Waals surface area contributed by atoms with Crippen molar-refractivity contribution < 1.29 is 0 Å². The molecule has 2 aromatic rings. The van der Waals surface area contributed by atoms with Crippen molar-refractivity contribution in [3.63, 3.8) is 0 Å².